The van der Waals surface area contributed by atoms with Gasteiger partial charge in [0.25, 0.3) is 0 Å². The van der Waals surface area contributed by atoms with E-state index in [2.05, 4.69) is 14.9 Å². The molecule has 15 heavy (non-hydrogen) atoms. The first-order valence-electron chi connectivity index (χ1n) is 5.41. The SMILES string of the molecule is Cc1nc(Cl)c(N2CC3CC3C2)nc1C. The van der Waals surface area contributed by atoms with E-state index in [1.54, 1.807) is 0 Å². The van der Waals surface area contributed by atoms with Crippen LogP contribution in [0.3, 0.4) is 0 Å². The van der Waals surface area contributed by atoms with Gasteiger partial charge in [-0.1, -0.05) is 11.6 Å². The molecule has 2 atom stereocenters. The lowest BCUT2D eigenvalue weighted by Gasteiger charge is -2.20. The highest BCUT2D eigenvalue weighted by Crippen LogP contribution is 2.46. The summed E-state index contributed by atoms with van der Waals surface area (Å²) in [6.07, 6.45) is 1.40. The van der Waals surface area contributed by atoms with E-state index in [0.29, 0.717) is 5.15 Å². The predicted molar refractivity (Wildman–Crippen MR) is 60.3 cm³/mol. The van der Waals surface area contributed by atoms with Crippen molar-refractivity contribution in [3.8, 4) is 0 Å². The summed E-state index contributed by atoms with van der Waals surface area (Å²) in [6.45, 7) is 6.15. The Bertz CT molecular complexity index is 409. The molecule has 80 valence electrons. The molecule has 3 nitrogen and oxygen atoms in total. The molecule has 2 heterocycles. The van der Waals surface area contributed by atoms with Crippen LogP contribution in [0.5, 0.6) is 0 Å². The van der Waals surface area contributed by atoms with Crippen molar-refractivity contribution in [2.24, 2.45) is 11.8 Å². The van der Waals surface area contributed by atoms with Gasteiger partial charge in [-0.05, 0) is 32.1 Å². The van der Waals surface area contributed by atoms with E-state index < -0.39 is 0 Å². The average Bonchev–Trinajstić information content (AvgIpc) is 2.80. The van der Waals surface area contributed by atoms with Crippen molar-refractivity contribution in [2.75, 3.05) is 18.0 Å². The number of aryl methyl sites for hydroxylation is 2. The molecular weight excluding hydrogens is 210 g/mol. The maximum atomic E-state index is 6.13. The number of hydrogen-bond donors (Lipinski definition) is 0. The molecule has 1 saturated carbocycles. The summed E-state index contributed by atoms with van der Waals surface area (Å²) in [5.74, 6) is 2.67. The summed E-state index contributed by atoms with van der Waals surface area (Å²) in [4.78, 5) is 11.1. The van der Waals surface area contributed by atoms with Crippen LogP contribution in [-0.2, 0) is 0 Å². The number of aromatic nitrogens is 2. The first-order chi connectivity index (χ1) is 7.15. The summed E-state index contributed by atoms with van der Waals surface area (Å²) < 4.78 is 0. The number of halogens is 1. The Labute approximate surface area is 94.5 Å². The number of nitrogens with zero attached hydrogens (tertiary/aromatic N) is 3. The minimum Gasteiger partial charge on any atom is -0.353 e. The second-order valence-electron chi connectivity index (χ2n) is 4.67. The molecule has 1 aliphatic carbocycles. The van der Waals surface area contributed by atoms with Crippen molar-refractivity contribution < 1.29 is 0 Å². The molecule has 2 fully saturated rings. The highest BCUT2D eigenvalue weighted by molar-refractivity contribution is 6.31. The lowest BCUT2D eigenvalue weighted by Crippen LogP contribution is -2.24. The average molecular weight is 224 g/mol. The van der Waals surface area contributed by atoms with Crippen molar-refractivity contribution in [2.45, 2.75) is 20.3 Å². The Balaban J connectivity index is 1.93. The van der Waals surface area contributed by atoms with Gasteiger partial charge in [-0.15, -0.1) is 0 Å². The lowest BCUT2D eigenvalue weighted by molar-refractivity contribution is 0.796. The third-order valence-corrected chi connectivity index (χ3v) is 3.78. The Hall–Kier alpha value is -0.830. The Morgan fingerprint density at radius 2 is 1.73 bits per heavy atom. The van der Waals surface area contributed by atoms with Crippen LogP contribution in [0.2, 0.25) is 5.15 Å². The predicted octanol–water partition coefficient (Wildman–Crippen LogP) is 2.20. The van der Waals surface area contributed by atoms with Gasteiger partial charge in [0.1, 0.15) is 0 Å². The molecule has 0 bridgehead atoms. The van der Waals surface area contributed by atoms with Gasteiger partial charge in [-0.3, -0.25) is 0 Å². The maximum absolute atomic E-state index is 6.13. The molecule has 0 amide bonds. The van der Waals surface area contributed by atoms with Gasteiger partial charge in [0.15, 0.2) is 11.0 Å². The van der Waals surface area contributed by atoms with Gasteiger partial charge >= 0.3 is 0 Å². The van der Waals surface area contributed by atoms with Crippen LogP contribution >= 0.6 is 11.6 Å². The highest BCUT2D eigenvalue weighted by Gasteiger charge is 2.45. The van der Waals surface area contributed by atoms with Gasteiger partial charge in [0.05, 0.1) is 11.4 Å². The van der Waals surface area contributed by atoms with Crippen LogP contribution in [0.1, 0.15) is 17.8 Å². The zero-order valence-electron chi connectivity index (χ0n) is 9.00. The van der Waals surface area contributed by atoms with Crippen LogP contribution in [-0.4, -0.2) is 23.1 Å². The number of piperidine rings is 1. The van der Waals surface area contributed by atoms with Crippen molar-refractivity contribution in [3.63, 3.8) is 0 Å². The molecule has 0 aromatic carbocycles. The summed E-state index contributed by atoms with van der Waals surface area (Å²) in [6, 6.07) is 0. The number of fused-ring (bicyclic) bond motifs is 1. The monoisotopic (exact) mass is 223 g/mol. The fourth-order valence-corrected chi connectivity index (χ4v) is 2.62. The summed E-state index contributed by atoms with van der Waals surface area (Å²) >= 11 is 6.13. The summed E-state index contributed by atoms with van der Waals surface area (Å²) in [5, 5.41) is 0.555. The maximum Gasteiger partial charge on any atom is 0.171 e. The molecule has 4 heteroatoms. The Kier molecular flexibility index (Phi) is 1.93. The smallest absolute Gasteiger partial charge is 0.171 e. The molecule has 3 rings (SSSR count). The second-order valence-corrected chi connectivity index (χ2v) is 5.03. The zero-order chi connectivity index (χ0) is 10.6. The Morgan fingerprint density at radius 3 is 2.40 bits per heavy atom. The number of hydrogen-bond acceptors (Lipinski definition) is 3. The van der Waals surface area contributed by atoms with Gasteiger partial charge in [-0.2, -0.15) is 0 Å². The third-order valence-electron chi connectivity index (χ3n) is 3.53. The van der Waals surface area contributed by atoms with Crippen LogP contribution < -0.4 is 4.90 Å². The number of rotatable bonds is 1. The van der Waals surface area contributed by atoms with E-state index in [4.69, 9.17) is 11.6 Å². The van der Waals surface area contributed by atoms with Gasteiger partial charge < -0.3 is 4.90 Å². The second kappa shape index (κ2) is 3.08. The van der Waals surface area contributed by atoms with Crippen LogP contribution in [0.15, 0.2) is 0 Å². The van der Waals surface area contributed by atoms with E-state index in [0.717, 1.165) is 42.1 Å². The molecule has 0 spiro atoms. The van der Waals surface area contributed by atoms with E-state index in [9.17, 15) is 0 Å². The van der Waals surface area contributed by atoms with Crippen molar-refractivity contribution in [3.05, 3.63) is 16.5 Å². The van der Waals surface area contributed by atoms with Crippen LogP contribution in [0, 0.1) is 25.7 Å². The quantitative estimate of drug-likeness (QED) is 0.731. The van der Waals surface area contributed by atoms with E-state index >= 15 is 0 Å². The van der Waals surface area contributed by atoms with E-state index in [1.165, 1.54) is 6.42 Å². The van der Waals surface area contributed by atoms with Crippen LogP contribution in [0.25, 0.3) is 0 Å². The largest absolute Gasteiger partial charge is 0.353 e. The summed E-state index contributed by atoms with van der Waals surface area (Å²) in [7, 11) is 0. The first-order valence-corrected chi connectivity index (χ1v) is 5.78. The minimum absolute atomic E-state index is 0.555. The van der Waals surface area contributed by atoms with E-state index in [1.807, 2.05) is 13.8 Å². The first kappa shape index (κ1) is 9.40. The van der Waals surface area contributed by atoms with Gasteiger partial charge in [0, 0.05) is 13.1 Å². The molecule has 1 aromatic heterocycles. The fraction of sp³-hybridized carbons (Fsp3) is 0.636. The molecule has 0 radical (unpaired) electrons. The zero-order valence-corrected chi connectivity index (χ0v) is 9.75. The highest BCUT2D eigenvalue weighted by atomic mass is 35.5. The molecule has 1 aliphatic heterocycles. The number of anilines is 1. The van der Waals surface area contributed by atoms with Crippen LogP contribution in [0.4, 0.5) is 5.82 Å². The van der Waals surface area contributed by atoms with Gasteiger partial charge in [0.2, 0.25) is 0 Å². The fourth-order valence-electron chi connectivity index (χ4n) is 2.34. The van der Waals surface area contributed by atoms with Crippen molar-refractivity contribution in [1.29, 1.82) is 0 Å². The van der Waals surface area contributed by atoms with Gasteiger partial charge in [-0.25, -0.2) is 9.97 Å². The topological polar surface area (TPSA) is 29.0 Å². The van der Waals surface area contributed by atoms with Crippen molar-refractivity contribution in [1.82, 2.24) is 9.97 Å². The molecule has 0 N–H and O–H groups in total. The Morgan fingerprint density at radius 1 is 1.13 bits per heavy atom. The summed E-state index contributed by atoms with van der Waals surface area (Å²) in [5.41, 5.74) is 1.91. The normalized spacial score (nSPS) is 28.1. The van der Waals surface area contributed by atoms with Crippen molar-refractivity contribution >= 4 is 17.4 Å². The molecule has 2 aliphatic rings. The minimum atomic E-state index is 0.555. The van der Waals surface area contributed by atoms with E-state index in [-0.39, 0.29) is 0 Å². The molecule has 1 aromatic rings. The standard InChI is InChI=1S/C11H14ClN3/c1-6-7(2)14-11(10(12)13-6)15-4-8-3-9(8)5-15/h8-9H,3-5H2,1-2H3. The molecular formula is C11H14ClN3. The third kappa shape index (κ3) is 1.49. The molecule has 2 unspecified atom stereocenters. The lowest BCUT2D eigenvalue weighted by atomic mass is 10.3. The molecule has 1 saturated heterocycles.